The number of nitrogens with one attached hydrogen (secondary N) is 1. The minimum atomic E-state index is -0.120. The van der Waals surface area contributed by atoms with Crippen LogP contribution in [-0.2, 0) is 4.79 Å². The molecule has 30 heavy (non-hydrogen) atoms. The largest absolute Gasteiger partial charge is 0.339 e. The van der Waals surface area contributed by atoms with Crippen molar-refractivity contribution in [3.8, 4) is 11.1 Å². The standard InChI is InChI=1S/C25H23ClN2O2/c26-22-8-4-5-9-23(22)27-24(29)20-14-16-28(17-15-20)25(30)21-12-10-19(11-13-21)18-6-2-1-3-7-18/h1-13,20H,14-17H2,(H,27,29). The van der Waals surface area contributed by atoms with E-state index in [0.717, 1.165) is 11.1 Å². The molecule has 3 aromatic carbocycles. The van der Waals surface area contributed by atoms with E-state index in [1.165, 1.54) is 0 Å². The molecule has 152 valence electrons. The van der Waals surface area contributed by atoms with Gasteiger partial charge in [-0.25, -0.2) is 0 Å². The third kappa shape index (κ3) is 4.55. The summed E-state index contributed by atoms with van der Waals surface area (Å²) in [7, 11) is 0. The summed E-state index contributed by atoms with van der Waals surface area (Å²) < 4.78 is 0. The zero-order chi connectivity index (χ0) is 20.9. The molecule has 1 aliphatic rings. The number of carbonyl (C=O) groups is 2. The number of likely N-dealkylation sites (tertiary alicyclic amines) is 1. The van der Waals surface area contributed by atoms with Gasteiger partial charge in [-0.3, -0.25) is 9.59 Å². The number of halogens is 1. The number of piperidine rings is 1. The number of anilines is 1. The summed E-state index contributed by atoms with van der Waals surface area (Å²) >= 11 is 6.12. The molecule has 0 radical (unpaired) electrons. The number of hydrogen-bond donors (Lipinski definition) is 1. The van der Waals surface area contributed by atoms with Crippen molar-refractivity contribution in [2.75, 3.05) is 18.4 Å². The van der Waals surface area contributed by atoms with Gasteiger partial charge in [-0.1, -0.05) is 66.2 Å². The normalized spacial score (nSPS) is 14.4. The SMILES string of the molecule is O=C(Nc1ccccc1Cl)C1CCN(C(=O)c2ccc(-c3ccccc3)cc2)CC1. The molecule has 0 aromatic heterocycles. The quantitative estimate of drug-likeness (QED) is 0.608. The van der Waals surface area contributed by atoms with Crippen molar-refractivity contribution in [1.29, 1.82) is 0 Å². The molecule has 3 aromatic rings. The second-order valence-electron chi connectivity index (χ2n) is 7.48. The Morgan fingerprint density at radius 3 is 2.07 bits per heavy atom. The molecule has 4 nitrogen and oxygen atoms in total. The van der Waals surface area contributed by atoms with Crippen LogP contribution in [0.15, 0.2) is 78.9 Å². The van der Waals surface area contributed by atoms with Crippen molar-refractivity contribution >= 4 is 29.1 Å². The van der Waals surface area contributed by atoms with Crippen LogP contribution in [0.2, 0.25) is 5.02 Å². The predicted octanol–water partition coefficient (Wildman–Crippen LogP) is 5.50. The summed E-state index contributed by atoms with van der Waals surface area (Å²) in [5.41, 5.74) is 3.51. The lowest BCUT2D eigenvalue weighted by Gasteiger charge is -2.31. The smallest absolute Gasteiger partial charge is 0.253 e. The zero-order valence-electron chi connectivity index (χ0n) is 16.6. The van der Waals surface area contributed by atoms with E-state index in [4.69, 9.17) is 11.6 Å². The molecule has 0 spiro atoms. The van der Waals surface area contributed by atoms with E-state index in [1.807, 2.05) is 59.5 Å². The molecule has 1 aliphatic heterocycles. The van der Waals surface area contributed by atoms with Gasteiger partial charge in [0.1, 0.15) is 0 Å². The van der Waals surface area contributed by atoms with Gasteiger partial charge in [0.2, 0.25) is 5.91 Å². The third-order valence-corrected chi connectivity index (χ3v) is 5.85. The van der Waals surface area contributed by atoms with Gasteiger partial charge in [0, 0.05) is 24.6 Å². The Hall–Kier alpha value is -3.11. The van der Waals surface area contributed by atoms with E-state index in [2.05, 4.69) is 17.4 Å². The molecule has 0 bridgehead atoms. The number of hydrogen-bond acceptors (Lipinski definition) is 2. The molecule has 0 saturated carbocycles. The van der Waals surface area contributed by atoms with Crippen LogP contribution in [-0.4, -0.2) is 29.8 Å². The van der Waals surface area contributed by atoms with Crippen molar-refractivity contribution in [1.82, 2.24) is 4.90 Å². The molecule has 0 unspecified atom stereocenters. The minimum Gasteiger partial charge on any atom is -0.339 e. The van der Waals surface area contributed by atoms with Crippen LogP contribution < -0.4 is 5.32 Å². The summed E-state index contributed by atoms with van der Waals surface area (Å²) in [5.74, 6) is -0.146. The van der Waals surface area contributed by atoms with Crippen LogP contribution in [0.25, 0.3) is 11.1 Å². The van der Waals surface area contributed by atoms with Crippen LogP contribution in [0, 0.1) is 5.92 Å². The maximum Gasteiger partial charge on any atom is 0.253 e. The van der Waals surface area contributed by atoms with E-state index >= 15 is 0 Å². The van der Waals surface area contributed by atoms with E-state index in [-0.39, 0.29) is 17.7 Å². The lowest BCUT2D eigenvalue weighted by Crippen LogP contribution is -2.41. The highest BCUT2D eigenvalue weighted by Crippen LogP contribution is 2.25. The highest BCUT2D eigenvalue weighted by molar-refractivity contribution is 6.33. The Labute approximate surface area is 181 Å². The second kappa shape index (κ2) is 9.14. The van der Waals surface area contributed by atoms with Crippen LogP contribution in [0.4, 0.5) is 5.69 Å². The van der Waals surface area contributed by atoms with Gasteiger partial charge in [-0.2, -0.15) is 0 Å². The average molecular weight is 419 g/mol. The highest BCUT2D eigenvalue weighted by Gasteiger charge is 2.28. The second-order valence-corrected chi connectivity index (χ2v) is 7.89. The average Bonchev–Trinajstić information content (AvgIpc) is 2.81. The first-order valence-corrected chi connectivity index (χ1v) is 10.5. The molecule has 1 saturated heterocycles. The summed E-state index contributed by atoms with van der Waals surface area (Å²) in [6.45, 7) is 1.14. The highest BCUT2D eigenvalue weighted by atomic mass is 35.5. The van der Waals surface area contributed by atoms with Crippen LogP contribution in [0.3, 0.4) is 0 Å². The fraction of sp³-hybridized carbons (Fsp3) is 0.200. The summed E-state index contributed by atoms with van der Waals surface area (Å²) in [5, 5.41) is 3.43. The van der Waals surface area contributed by atoms with Crippen LogP contribution in [0.1, 0.15) is 23.2 Å². The number of para-hydroxylation sites is 1. The summed E-state index contributed by atoms with van der Waals surface area (Å²) in [6.07, 6.45) is 1.29. The first kappa shape index (κ1) is 20.2. The molecular formula is C25H23ClN2O2. The van der Waals surface area contributed by atoms with E-state index in [9.17, 15) is 9.59 Å². The van der Waals surface area contributed by atoms with Gasteiger partial charge < -0.3 is 10.2 Å². The molecule has 5 heteroatoms. The van der Waals surface area contributed by atoms with Crippen molar-refractivity contribution < 1.29 is 9.59 Å². The lowest BCUT2D eigenvalue weighted by atomic mass is 9.95. The Kier molecular flexibility index (Phi) is 6.15. The number of benzene rings is 3. The fourth-order valence-corrected chi connectivity index (χ4v) is 3.94. The molecule has 0 atom stereocenters. The van der Waals surface area contributed by atoms with Gasteiger partial charge >= 0.3 is 0 Å². The lowest BCUT2D eigenvalue weighted by molar-refractivity contribution is -0.121. The maximum atomic E-state index is 12.9. The molecule has 1 N–H and O–H groups in total. The van der Waals surface area contributed by atoms with Crippen molar-refractivity contribution in [2.45, 2.75) is 12.8 Å². The van der Waals surface area contributed by atoms with E-state index in [1.54, 1.807) is 12.1 Å². The molecule has 0 aliphatic carbocycles. The van der Waals surface area contributed by atoms with E-state index in [0.29, 0.717) is 42.2 Å². The molecule has 2 amide bonds. The van der Waals surface area contributed by atoms with Gasteiger partial charge in [0.05, 0.1) is 10.7 Å². The fourth-order valence-electron chi connectivity index (χ4n) is 3.76. The first-order valence-electron chi connectivity index (χ1n) is 10.1. The Balaban J connectivity index is 1.34. The van der Waals surface area contributed by atoms with Gasteiger partial charge in [0.15, 0.2) is 0 Å². The number of amides is 2. The Morgan fingerprint density at radius 2 is 1.40 bits per heavy atom. The Morgan fingerprint density at radius 1 is 0.800 bits per heavy atom. The van der Waals surface area contributed by atoms with E-state index < -0.39 is 0 Å². The van der Waals surface area contributed by atoms with Gasteiger partial charge in [0.25, 0.3) is 5.91 Å². The van der Waals surface area contributed by atoms with Crippen molar-refractivity contribution in [2.24, 2.45) is 5.92 Å². The van der Waals surface area contributed by atoms with Gasteiger partial charge in [-0.05, 0) is 48.2 Å². The molecule has 4 rings (SSSR count). The minimum absolute atomic E-state index is 0.0135. The first-order chi connectivity index (χ1) is 14.6. The predicted molar refractivity (Wildman–Crippen MR) is 121 cm³/mol. The van der Waals surface area contributed by atoms with Crippen LogP contribution >= 0.6 is 11.6 Å². The topological polar surface area (TPSA) is 49.4 Å². The van der Waals surface area contributed by atoms with Crippen molar-refractivity contribution in [3.05, 3.63) is 89.4 Å². The monoisotopic (exact) mass is 418 g/mol. The zero-order valence-corrected chi connectivity index (χ0v) is 17.3. The molecule has 1 fully saturated rings. The molecule has 1 heterocycles. The number of carbonyl (C=O) groups excluding carboxylic acids is 2. The summed E-state index contributed by atoms with van der Waals surface area (Å²) in [6, 6.07) is 25.0. The van der Waals surface area contributed by atoms with Crippen LogP contribution in [0.5, 0.6) is 0 Å². The Bertz CT molecular complexity index is 1030. The maximum absolute atomic E-state index is 12.9. The number of nitrogens with zero attached hydrogens (tertiary/aromatic N) is 1. The number of rotatable bonds is 4. The molecular weight excluding hydrogens is 396 g/mol. The third-order valence-electron chi connectivity index (χ3n) is 5.52. The van der Waals surface area contributed by atoms with Crippen molar-refractivity contribution in [3.63, 3.8) is 0 Å². The summed E-state index contributed by atoms with van der Waals surface area (Å²) in [4.78, 5) is 27.3. The van der Waals surface area contributed by atoms with Gasteiger partial charge in [-0.15, -0.1) is 0 Å².